The number of hydrogen-bond acceptors (Lipinski definition) is 6. The standard InChI is InChI=1S/C17H30N4O3/c1-12(18-10-15-13(2)19-24-20-15)9-14-7-6-8-21(11-14)16(22)23-17(3,4)5/h12,14,18H,6-11H2,1-5H3. The second-order valence-electron chi connectivity index (χ2n) is 7.75. The first-order valence-corrected chi connectivity index (χ1v) is 8.74. The lowest BCUT2D eigenvalue weighted by atomic mass is 9.92. The third-order valence-electron chi connectivity index (χ3n) is 4.22. The van der Waals surface area contributed by atoms with Crippen molar-refractivity contribution in [1.82, 2.24) is 20.5 Å². The van der Waals surface area contributed by atoms with Crippen LogP contribution in [-0.2, 0) is 11.3 Å². The van der Waals surface area contributed by atoms with E-state index >= 15 is 0 Å². The summed E-state index contributed by atoms with van der Waals surface area (Å²) >= 11 is 0. The second-order valence-corrected chi connectivity index (χ2v) is 7.75. The number of piperidine rings is 1. The lowest BCUT2D eigenvalue weighted by molar-refractivity contribution is 0.0157. The molecule has 1 fully saturated rings. The predicted molar refractivity (Wildman–Crippen MR) is 90.5 cm³/mol. The Bertz CT molecular complexity index is 538. The maximum absolute atomic E-state index is 12.2. The molecular formula is C17H30N4O3. The van der Waals surface area contributed by atoms with Crippen LogP contribution in [0.1, 0.15) is 58.3 Å². The average Bonchev–Trinajstić information content (AvgIpc) is 2.89. The Morgan fingerprint density at radius 1 is 1.46 bits per heavy atom. The van der Waals surface area contributed by atoms with Crippen LogP contribution in [0.4, 0.5) is 4.79 Å². The fraction of sp³-hybridized carbons (Fsp3) is 0.824. The minimum Gasteiger partial charge on any atom is -0.444 e. The van der Waals surface area contributed by atoms with E-state index in [1.54, 1.807) is 0 Å². The van der Waals surface area contributed by atoms with Crippen LogP contribution in [0.5, 0.6) is 0 Å². The van der Waals surface area contributed by atoms with Crippen LogP contribution in [0.2, 0.25) is 0 Å². The van der Waals surface area contributed by atoms with Crippen molar-refractivity contribution in [3.63, 3.8) is 0 Å². The van der Waals surface area contributed by atoms with Gasteiger partial charge < -0.3 is 15.0 Å². The summed E-state index contributed by atoms with van der Waals surface area (Å²) < 4.78 is 10.2. The molecule has 1 aromatic heterocycles. The van der Waals surface area contributed by atoms with Gasteiger partial charge in [0, 0.05) is 25.7 Å². The first-order chi connectivity index (χ1) is 11.2. The Balaban J connectivity index is 1.77. The zero-order valence-electron chi connectivity index (χ0n) is 15.5. The molecule has 2 unspecified atom stereocenters. The highest BCUT2D eigenvalue weighted by Crippen LogP contribution is 2.23. The van der Waals surface area contributed by atoms with Gasteiger partial charge in [-0.1, -0.05) is 10.3 Å². The van der Waals surface area contributed by atoms with Crippen LogP contribution in [0, 0.1) is 12.8 Å². The summed E-state index contributed by atoms with van der Waals surface area (Å²) in [7, 11) is 0. The summed E-state index contributed by atoms with van der Waals surface area (Å²) in [6, 6.07) is 0.338. The van der Waals surface area contributed by atoms with Crippen LogP contribution in [0.15, 0.2) is 4.63 Å². The number of aromatic nitrogens is 2. The van der Waals surface area contributed by atoms with E-state index in [0.717, 1.165) is 43.7 Å². The highest BCUT2D eigenvalue weighted by Gasteiger charge is 2.28. The lowest BCUT2D eigenvalue weighted by Crippen LogP contribution is -2.44. The van der Waals surface area contributed by atoms with E-state index in [-0.39, 0.29) is 6.09 Å². The number of likely N-dealkylation sites (tertiary alicyclic amines) is 1. The molecule has 7 heteroatoms. The largest absolute Gasteiger partial charge is 0.444 e. The number of ether oxygens (including phenoxy) is 1. The summed E-state index contributed by atoms with van der Waals surface area (Å²) in [6.45, 7) is 12.0. The van der Waals surface area contributed by atoms with E-state index in [9.17, 15) is 4.79 Å². The van der Waals surface area contributed by atoms with Crippen molar-refractivity contribution in [2.75, 3.05) is 13.1 Å². The Morgan fingerprint density at radius 3 is 2.83 bits per heavy atom. The number of hydrogen-bond donors (Lipinski definition) is 1. The van der Waals surface area contributed by atoms with E-state index in [2.05, 4.69) is 22.6 Å². The fourth-order valence-electron chi connectivity index (χ4n) is 3.01. The molecule has 7 nitrogen and oxygen atoms in total. The molecule has 1 aromatic rings. The molecule has 1 N–H and O–H groups in total. The van der Waals surface area contributed by atoms with E-state index in [1.807, 2.05) is 32.6 Å². The molecule has 1 saturated heterocycles. The third kappa shape index (κ3) is 5.78. The highest BCUT2D eigenvalue weighted by atomic mass is 16.6. The van der Waals surface area contributed by atoms with Gasteiger partial charge in [0.25, 0.3) is 0 Å². The summed E-state index contributed by atoms with van der Waals surface area (Å²) in [4.78, 5) is 14.1. The topological polar surface area (TPSA) is 80.5 Å². The minimum atomic E-state index is -0.442. The van der Waals surface area contributed by atoms with Gasteiger partial charge in [-0.15, -0.1) is 0 Å². The third-order valence-corrected chi connectivity index (χ3v) is 4.22. The number of carbonyl (C=O) groups is 1. The van der Waals surface area contributed by atoms with Gasteiger partial charge in [-0.05, 0) is 59.8 Å². The first kappa shape index (κ1) is 18.7. The van der Waals surface area contributed by atoms with Crippen molar-refractivity contribution in [3.05, 3.63) is 11.4 Å². The molecule has 1 aliphatic rings. The van der Waals surface area contributed by atoms with Crippen molar-refractivity contribution < 1.29 is 14.2 Å². The SMILES string of the molecule is Cc1nonc1CNC(C)CC1CCCN(C(=O)OC(C)(C)C)C1. The van der Waals surface area contributed by atoms with Crippen LogP contribution in [0.25, 0.3) is 0 Å². The molecule has 2 heterocycles. The monoisotopic (exact) mass is 338 g/mol. The summed E-state index contributed by atoms with van der Waals surface area (Å²) in [5.41, 5.74) is 1.23. The van der Waals surface area contributed by atoms with Gasteiger partial charge in [0.05, 0.1) is 0 Å². The number of nitrogens with zero attached hydrogens (tertiary/aromatic N) is 3. The number of amides is 1. The van der Waals surface area contributed by atoms with Gasteiger partial charge in [-0.2, -0.15) is 0 Å². The normalized spacial score (nSPS) is 20.0. The number of carbonyl (C=O) groups excluding carboxylic acids is 1. The predicted octanol–water partition coefficient (Wildman–Crippen LogP) is 2.89. The van der Waals surface area contributed by atoms with Gasteiger partial charge >= 0.3 is 6.09 Å². The van der Waals surface area contributed by atoms with Gasteiger partial charge in [0.15, 0.2) is 0 Å². The number of aryl methyl sites for hydroxylation is 1. The van der Waals surface area contributed by atoms with Gasteiger partial charge in [-0.25, -0.2) is 9.42 Å². The van der Waals surface area contributed by atoms with Crippen molar-refractivity contribution in [2.24, 2.45) is 5.92 Å². The van der Waals surface area contributed by atoms with E-state index in [0.29, 0.717) is 18.5 Å². The van der Waals surface area contributed by atoms with Crippen molar-refractivity contribution in [3.8, 4) is 0 Å². The zero-order chi connectivity index (χ0) is 17.7. The molecule has 0 saturated carbocycles. The molecule has 136 valence electrons. The minimum absolute atomic E-state index is 0.197. The summed E-state index contributed by atoms with van der Waals surface area (Å²) in [5.74, 6) is 0.491. The Kier molecular flexibility index (Phi) is 6.21. The van der Waals surface area contributed by atoms with Gasteiger partial charge in [0.1, 0.15) is 17.0 Å². The van der Waals surface area contributed by atoms with Gasteiger partial charge in [0.2, 0.25) is 0 Å². The lowest BCUT2D eigenvalue weighted by Gasteiger charge is -2.35. The van der Waals surface area contributed by atoms with Crippen LogP contribution >= 0.6 is 0 Å². The molecule has 0 aliphatic carbocycles. The molecule has 2 atom stereocenters. The molecule has 1 amide bonds. The molecule has 0 bridgehead atoms. The van der Waals surface area contributed by atoms with E-state index in [4.69, 9.17) is 9.37 Å². The molecule has 0 aromatic carbocycles. The Morgan fingerprint density at radius 2 is 2.21 bits per heavy atom. The van der Waals surface area contributed by atoms with Crippen molar-refractivity contribution in [2.45, 2.75) is 72.1 Å². The van der Waals surface area contributed by atoms with Crippen LogP contribution < -0.4 is 5.32 Å². The maximum atomic E-state index is 12.2. The number of rotatable bonds is 5. The highest BCUT2D eigenvalue weighted by molar-refractivity contribution is 5.68. The van der Waals surface area contributed by atoms with Crippen molar-refractivity contribution in [1.29, 1.82) is 0 Å². The van der Waals surface area contributed by atoms with E-state index in [1.165, 1.54) is 0 Å². The Hall–Kier alpha value is -1.63. The molecular weight excluding hydrogens is 308 g/mol. The fourth-order valence-corrected chi connectivity index (χ4v) is 3.01. The summed E-state index contributed by atoms with van der Waals surface area (Å²) in [6.07, 6.45) is 3.00. The summed E-state index contributed by atoms with van der Waals surface area (Å²) in [5, 5.41) is 11.1. The van der Waals surface area contributed by atoms with Crippen LogP contribution in [0.3, 0.4) is 0 Å². The zero-order valence-corrected chi connectivity index (χ0v) is 15.5. The molecule has 0 radical (unpaired) electrons. The van der Waals surface area contributed by atoms with Crippen molar-refractivity contribution >= 4 is 6.09 Å². The number of nitrogens with one attached hydrogen (secondary N) is 1. The Labute approximate surface area is 144 Å². The quantitative estimate of drug-likeness (QED) is 0.889. The molecule has 1 aliphatic heterocycles. The van der Waals surface area contributed by atoms with E-state index < -0.39 is 5.60 Å². The molecule has 2 rings (SSSR count). The first-order valence-electron chi connectivity index (χ1n) is 8.74. The average molecular weight is 338 g/mol. The molecule has 24 heavy (non-hydrogen) atoms. The molecule has 0 spiro atoms. The second kappa shape index (κ2) is 7.96. The van der Waals surface area contributed by atoms with Gasteiger partial charge in [-0.3, -0.25) is 0 Å². The smallest absolute Gasteiger partial charge is 0.410 e. The van der Waals surface area contributed by atoms with Crippen LogP contribution in [-0.4, -0.2) is 46.0 Å². The maximum Gasteiger partial charge on any atom is 0.410 e.